The normalized spacial score (nSPS) is 10.9. The number of halogens is 1. The van der Waals surface area contributed by atoms with Gasteiger partial charge in [0, 0.05) is 27.4 Å². The largest absolute Gasteiger partial charge is 0.493 e. The van der Waals surface area contributed by atoms with Crippen molar-refractivity contribution in [2.75, 3.05) is 21.3 Å². The summed E-state index contributed by atoms with van der Waals surface area (Å²) < 4.78 is 18.7. The highest BCUT2D eigenvalue weighted by atomic mass is 79.9. The first-order valence-electron chi connectivity index (χ1n) is 10.6. The van der Waals surface area contributed by atoms with Gasteiger partial charge in [-0.2, -0.15) is 10.2 Å². The third-order valence-corrected chi connectivity index (χ3v) is 5.71. The van der Waals surface area contributed by atoms with Crippen LogP contribution in [0.2, 0.25) is 0 Å². The van der Waals surface area contributed by atoms with E-state index in [-0.39, 0.29) is 0 Å². The van der Waals surface area contributed by atoms with Crippen molar-refractivity contribution in [2.24, 2.45) is 5.10 Å². The minimum absolute atomic E-state index is 0.310. The molecule has 0 aliphatic carbocycles. The maximum Gasteiger partial charge on any atom is 0.271 e. The van der Waals surface area contributed by atoms with E-state index >= 15 is 0 Å². The van der Waals surface area contributed by atoms with Crippen LogP contribution in [0.1, 0.15) is 15.9 Å². The molecule has 9 heteroatoms. The highest BCUT2D eigenvalue weighted by Gasteiger charge is 2.17. The van der Waals surface area contributed by atoms with E-state index in [0.29, 0.717) is 22.8 Å². The highest BCUT2D eigenvalue weighted by molar-refractivity contribution is 9.10. The Morgan fingerprint density at radius 2 is 1.63 bits per heavy atom. The van der Waals surface area contributed by atoms with Gasteiger partial charge in [0.25, 0.3) is 5.91 Å². The number of rotatable bonds is 8. The second-order valence-corrected chi connectivity index (χ2v) is 8.25. The summed E-state index contributed by atoms with van der Waals surface area (Å²) in [6, 6.07) is 20.7. The van der Waals surface area contributed by atoms with Gasteiger partial charge < -0.3 is 14.2 Å². The van der Waals surface area contributed by atoms with Gasteiger partial charge in [-0.05, 0) is 36.4 Å². The van der Waals surface area contributed by atoms with Crippen LogP contribution in [0.15, 0.2) is 82.5 Å². The SMILES string of the molecule is COc1cc(C(=O)N/N=C\c2cn(-c3ccccc3)nc2-c2ccc(Br)cc2)cc(OC)c1OC. The zero-order valence-corrected chi connectivity index (χ0v) is 20.9. The van der Waals surface area contributed by atoms with Crippen LogP contribution in [0.5, 0.6) is 17.2 Å². The first-order chi connectivity index (χ1) is 17.0. The number of nitrogens with one attached hydrogen (secondary N) is 1. The van der Waals surface area contributed by atoms with Crippen molar-refractivity contribution in [1.29, 1.82) is 0 Å². The summed E-state index contributed by atoms with van der Waals surface area (Å²) in [5, 5.41) is 8.93. The molecule has 0 aliphatic rings. The third kappa shape index (κ3) is 5.36. The lowest BCUT2D eigenvalue weighted by Crippen LogP contribution is -2.18. The van der Waals surface area contributed by atoms with E-state index in [0.717, 1.165) is 27.0 Å². The molecule has 0 aliphatic heterocycles. The Morgan fingerprint density at radius 1 is 0.971 bits per heavy atom. The molecule has 4 rings (SSSR count). The number of para-hydroxylation sites is 1. The number of ether oxygens (including phenoxy) is 3. The number of aromatic nitrogens is 2. The van der Waals surface area contributed by atoms with Gasteiger partial charge in [0.05, 0.1) is 33.2 Å². The van der Waals surface area contributed by atoms with Crippen molar-refractivity contribution in [1.82, 2.24) is 15.2 Å². The summed E-state index contributed by atoms with van der Waals surface area (Å²) in [5.41, 5.74) is 6.16. The van der Waals surface area contributed by atoms with E-state index in [1.54, 1.807) is 23.0 Å². The molecule has 1 amide bonds. The Labute approximate surface area is 211 Å². The van der Waals surface area contributed by atoms with Gasteiger partial charge in [-0.25, -0.2) is 10.1 Å². The Hall–Kier alpha value is -4.11. The standard InChI is InChI=1S/C26H23BrN4O4/c1-33-22-13-18(14-23(34-2)25(22)35-3)26(32)29-28-15-19-16-31(21-7-5-4-6-8-21)30-24(19)17-9-11-20(27)12-10-17/h4-16H,1-3H3,(H,29,32)/b28-15-. The molecule has 3 aromatic carbocycles. The molecule has 0 spiro atoms. The minimum atomic E-state index is -0.429. The fraction of sp³-hybridized carbons (Fsp3) is 0.115. The Kier molecular flexibility index (Phi) is 7.47. The molecule has 0 unspecified atom stereocenters. The van der Waals surface area contributed by atoms with Gasteiger partial charge in [0.1, 0.15) is 5.69 Å². The molecule has 0 fully saturated rings. The predicted octanol–water partition coefficient (Wildman–Crippen LogP) is 5.09. The monoisotopic (exact) mass is 534 g/mol. The van der Waals surface area contributed by atoms with Crippen LogP contribution in [-0.4, -0.2) is 43.2 Å². The summed E-state index contributed by atoms with van der Waals surface area (Å²) in [6.07, 6.45) is 3.43. The molecule has 0 radical (unpaired) electrons. The predicted molar refractivity (Wildman–Crippen MR) is 138 cm³/mol. The fourth-order valence-corrected chi connectivity index (χ4v) is 3.73. The number of hydrazone groups is 1. The lowest BCUT2D eigenvalue weighted by atomic mass is 10.1. The number of carbonyl (C=O) groups excluding carboxylic acids is 1. The van der Waals surface area contributed by atoms with E-state index in [9.17, 15) is 4.79 Å². The zero-order valence-electron chi connectivity index (χ0n) is 19.4. The number of nitrogens with zero attached hydrogens (tertiary/aromatic N) is 3. The molecule has 0 bridgehead atoms. The number of benzene rings is 3. The van der Waals surface area contributed by atoms with Gasteiger partial charge in [-0.15, -0.1) is 0 Å². The Morgan fingerprint density at radius 3 is 2.23 bits per heavy atom. The van der Waals surface area contributed by atoms with Crippen LogP contribution in [0.3, 0.4) is 0 Å². The van der Waals surface area contributed by atoms with E-state index in [1.807, 2.05) is 60.8 Å². The summed E-state index contributed by atoms with van der Waals surface area (Å²) in [6.45, 7) is 0. The maximum atomic E-state index is 12.8. The molecule has 0 saturated carbocycles. The second-order valence-electron chi connectivity index (χ2n) is 7.33. The lowest BCUT2D eigenvalue weighted by Gasteiger charge is -2.13. The molecule has 35 heavy (non-hydrogen) atoms. The summed E-state index contributed by atoms with van der Waals surface area (Å²) >= 11 is 3.46. The lowest BCUT2D eigenvalue weighted by molar-refractivity contribution is 0.0954. The quantitative estimate of drug-likeness (QED) is 0.251. The molecule has 1 N–H and O–H groups in total. The number of amides is 1. The fourth-order valence-electron chi connectivity index (χ4n) is 3.46. The van der Waals surface area contributed by atoms with Crippen molar-refractivity contribution in [3.63, 3.8) is 0 Å². The number of hydrogen-bond acceptors (Lipinski definition) is 6. The summed E-state index contributed by atoms with van der Waals surface area (Å²) in [5.74, 6) is 0.731. The molecule has 178 valence electrons. The van der Waals surface area contributed by atoms with Gasteiger partial charge in [-0.3, -0.25) is 4.79 Å². The Bertz CT molecular complexity index is 1330. The average Bonchev–Trinajstić information content (AvgIpc) is 3.32. The molecule has 0 saturated heterocycles. The van der Waals surface area contributed by atoms with Gasteiger partial charge in [0.2, 0.25) is 5.75 Å². The maximum absolute atomic E-state index is 12.8. The van der Waals surface area contributed by atoms with Crippen molar-refractivity contribution >= 4 is 28.1 Å². The average molecular weight is 535 g/mol. The molecule has 1 aromatic heterocycles. The smallest absolute Gasteiger partial charge is 0.271 e. The number of carbonyl (C=O) groups is 1. The molecular weight excluding hydrogens is 512 g/mol. The number of hydrogen-bond donors (Lipinski definition) is 1. The van der Waals surface area contributed by atoms with Gasteiger partial charge >= 0.3 is 0 Å². The minimum Gasteiger partial charge on any atom is -0.493 e. The molecule has 8 nitrogen and oxygen atoms in total. The molecular formula is C26H23BrN4O4. The van der Waals surface area contributed by atoms with E-state index < -0.39 is 5.91 Å². The molecule has 0 atom stereocenters. The molecule has 1 heterocycles. The van der Waals surface area contributed by atoms with Crippen LogP contribution >= 0.6 is 15.9 Å². The van der Waals surface area contributed by atoms with Crippen molar-refractivity contribution in [3.8, 4) is 34.2 Å². The summed E-state index contributed by atoms with van der Waals surface area (Å²) in [4.78, 5) is 12.8. The third-order valence-electron chi connectivity index (χ3n) is 5.18. The summed E-state index contributed by atoms with van der Waals surface area (Å²) in [7, 11) is 4.49. The molecule has 4 aromatic rings. The van der Waals surface area contributed by atoms with Crippen LogP contribution < -0.4 is 19.6 Å². The van der Waals surface area contributed by atoms with Crippen LogP contribution in [-0.2, 0) is 0 Å². The van der Waals surface area contributed by atoms with Crippen LogP contribution in [0.4, 0.5) is 0 Å². The van der Waals surface area contributed by atoms with Crippen molar-refractivity contribution in [3.05, 3.63) is 88.5 Å². The topological polar surface area (TPSA) is 87.0 Å². The van der Waals surface area contributed by atoms with Crippen LogP contribution in [0, 0.1) is 0 Å². The van der Waals surface area contributed by atoms with E-state index in [4.69, 9.17) is 19.3 Å². The van der Waals surface area contributed by atoms with Crippen LogP contribution in [0.25, 0.3) is 16.9 Å². The Balaban J connectivity index is 1.63. The second kappa shape index (κ2) is 10.9. The van der Waals surface area contributed by atoms with Crippen molar-refractivity contribution < 1.29 is 19.0 Å². The van der Waals surface area contributed by atoms with E-state index in [1.165, 1.54) is 21.3 Å². The van der Waals surface area contributed by atoms with Gasteiger partial charge in [-0.1, -0.05) is 46.3 Å². The van der Waals surface area contributed by atoms with Crippen molar-refractivity contribution in [2.45, 2.75) is 0 Å². The zero-order chi connectivity index (χ0) is 24.8. The van der Waals surface area contributed by atoms with E-state index in [2.05, 4.69) is 26.5 Å². The highest BCUT2D eigenvalue weighted by Crippen LogP contribution is 2.38. The first-order valence-corrected chi connectivity index (χ1v) is 11.4. The first kappa shape index (κ1) is 24.0. The number of methoxy groups -OCH3 is 3. The van der Waals surface area contributed by atoms with Gasteiger partial charge in [0.15, 0.2) is 11.5 Å².